The van der Waals surface area contributed by atoms with Gasteiger partial charge in [0.15, 0.2) is 0 Å². The molecule has 3 atom stereocenters. The third kappa shape index (κ3) is 6.65. The van der Waals surface area contributed by atoms with Crippen molar-refractivity contribution in [3.63, 3.8) is 0 Å². The lowest BCUT2D eigenvalue weighted by atomic mass is 10.1. The zero-order chi connectivity index (χ0) is 16.6. The van der Waals surface area contributed by atoms with Gasteiger partial charge in [0.05, 0.1) is 19.6 Å². The fraction of sp³-hybridized carbons (Fsp3) is 0.600. The van der Waals surface area contributed by atoms with Gasteiger partial charge in [0.25, 0.3) is 0 Å². The van der Waals surface area contributed by atoms with E-state index in [0.29, 0.717) is 0 Å². The Morgan fingerprint density at radius 1 is 0.905 bits per heavy atom. The molecule has 0 heterocycles. The van der Waals surface area contributed by atoms with Crippen LogP contribution in [-0.4, -0.2) is 75.5 Å². The first-order valence-corrected chi connectivity index (χ1v) is 5.75. The van der Waals surface area contributed by atoms with Gasteiger partial charge < -0.3 is 36.8 Å². The van der Waals surface area contributed by atoms with Gasteiger partial charge in [-0.1, -0.05) is 0 Å². The van der Waals surface area contributed by atoms with E-state index < -0.39 is 61.5 Å². The molecule has 0 saturated heterocycles. The predicted molar refractivity (Wildman–Crippen MR) is 65.9 cm³/mol. The predicted octanol–water partition coefficient (Wildman–Crippen LogP) is -4.17. The highest BCUT2D eigenvalue weighted by Gasteiger charge is 2.29. The third-order valence-electron chi connectivity index (χ3n) is 2.34. The molecule has 0 aromatic carbocycles. The number of amides is 2. The lowest BCUT2D eigenvalue weighted by Gasteiger charge is -2.20. The molecule has 21 heavy (non-hydrogen) atoms. The Kier molecular flexibility index (Phi) is 7.89. The molecule has 0 radical (unpaired) electrons. The van der Waals surface area contributed by atoms with Crippen LogP contribution in [0.3, 0.4) is 0 Å². The average molecular weight is 307 g/mol. The van der Waals surface area contributed by atoms with Gasteiger partial charge in [0.2, 0.25) is 11.8 Å². The van der Waals surface area contributed by atoms with E-state index in [0.717, 1.165) is 0 Å². The molecule has 11 nitrogen and oxygen atoms in total. The van der Waals surface area contributed by atoms with Gasteiger partial charge in [-0.3, -0.25) is 14.4 Å². The van der Waals surface area contributed by atoms with E-state index >= 15 is 0 Å². The van der Waals surface area contributed by atoms with Crippen molar-refractivity contribution in [3.05, 3.63) is 0 Å². The minimum atomic E-state index is -1.64. The van der Waals surface area contributed by atoms with Gasteiger partial charge in [0, 0.05) is 0 Å². The van der Waals surface area contributed by atoms with Crippen molar-refractivity contribution in [2.45, 2.75) is 24.5 Å². The van der Waals surface area contributed by atoms with Crippen LogP contribution in [0.25, 0.3) is 0 Å². The molecule has 0 aromatic heterocycles. The lowest BCUT2D eigenvalue weighted by molar-refractivity contribution is -0.144. The lowest BCUT2D eigenvalue weighted by Crippen LogP contribution is -2.56. The van der Waals surface area contributed by atoms with E-state index in [1.54, 1.807) is 0 Å². The zero-order valence-corrected chi connectivity index (χ0v) is 10.9. The highest BCUT2D eigenvalue weighted by Crippen LogP contribution is 1.96. The van der Waals surface area contributed by atoms with Gasteiger partial charge in [-0.05, 0) is 0 Å². The fourth-order valence-electron chi connectivity index (χ4n) is 1.20. The van der Waals surface area contributed by atoms with Crippen molar-refractivity contribution < 1.29 is 39.6 Å². The molecule has 3 unspecified atom stereocenters. The van der Waals surface area contributed by atoms with E-state index in [9.17, 15) is 19.2 Å². The van der Waals surface area contributed by atoms with E-state index in [1.807, 2.05) is 10.6 Å². The first-order chi connectivity index (χ1) is 9.72. The Morgan fingerprint density at radius 3 is 1.81 bits per heavy atom. The smallest absolute Gasteiger partial charge is 0.328 e. The Balaban J connectivity index is 4.88. The van der Waals surface area contributed by atoms with E-state index in [2.05, 4.69) is 0 Å². The number of aliphatic carboxylic acids is 2. The molecule has 0 spiro atoms. The SMILES string of the molecule is NC(CO)C(=O)NC(CC(=O)O)C(=O)NC(CO)C(=O)O. The van der Waals surface area contributed by atoms with Gasteiger partial charge in [-0.25, -0.2) is 4.79 Å². The second-order valence-corrected chi connectivity index (χ2v) is 4.03. The van der Waals surface area contributed by atoms with Gasteiger partial charge in [0.1, 0.15) is 18.1 Å². The first kappa shape index (κ1) is 18.8. The maximum Gasteiger partial charge on any atom is 0.328 e. The molecule has 0 aliphatic carbocycles. The number of carboxylic acid groups (broad SMARTS) is 2. The van der Waals surface area contributed by atoms with Crippen LogP contribution in [0.2, 0.25) is 0 Å². The number of carboxylic acids is 2. The molecule has 120 valence electrons. The summed E-state index contributed by atoms with van der Waals surface area (Å²) in [6.07, 6.45) is -0.826. The molecule has 0 saturated carbocycles. The molecule has 0 aromatic rings. The first-order valence-electron chi connectivity index (χ1n) is 5.75. The second-order valence-electron chi connectivity index (χ2n) is 4.03. The average Bonchev–Trinajstić information content (AvgIpc) is 2.41. The molecule has 0 bridgehead atoms. The zero-order valence-electron chi connectivity index (χ0n) is 10.9. The molecule has 8 N–H and O–H groups in total. The maximum absolute atomic E-state index is 11.7. The van der Waals surface area contributed by atoms with Crippen molar-refractivity contribution in [1.82, 2.24) is 10.6 Å². The van der Waals surface area contributed by atoms with Gasteiger partial charge in [-0.2, -0.15) is 0 Å². The number of nitrogens with one attached hydrogen (secondary N) is 2. The summed E-state index contributed by atoms with van der Waals surface area (Å²) in [6.45, 7) is -1.63. The number of aliphatic hydroxyl groups excluding tert-OH is 2. The number of hydrogen-bond donors (Lipinski definition) is 7. The number of carbonyl (C=O) groups is 4. The van der Waals surface area contributed by atoms with Crippen LogP contribution in [-0.2, 0) is 19.2 Å². The van der Waals surface area contributed by atoms with Crippen molar-refractivity contribution in [2.24, 2.45) is 5.73 Å². The number of carbonyl (C=O) groups excluding carboxylic acids is 2. The summed E-state index contributed by atoms with van der Waals surface area (Å²) in [5, 5.41) is 38.6. The molecule has 0 fully saturated rings. The molecule has 2 amide bonds. The molecule has 0 aliphatic rings. The van der Waals surface area contributed by atoms with E-state index in [1.165, 1.54) is 0 Å². The largest absolute Gasteiger partial charge is 0.481 e. The minimum absolute atomic E-state index is 0.721. The van der Waals surface area contributed by atoms with E-state index in [-0.39, 0.29) is 0 Å². The summed E-state index contributed by atoms with van der Waals surface area (Å²) < 4.78 is 0. The highest BCUT2D eigenvalue weighted by atomic mass is 16.4. The van der Waals surface area contributed by atoms with Crippen LogP contribution >= 0.6 is 0 Å². The maximum atomic E-state index is 11.7. The Labute approximate surface area is 118 Å². The number of rotatable bonds is 9. The standard InChI is InChI=1S/C10H17N3O8/c11-4(2-14)8(18)12-5(1-7(16)17)9(19)13-6(3-15)10(20)21/h4-6,14-15H,1-3,11H2,(H,12,18)(H,13,19)(H,16,17)(H,20,21). The quantitative estimate of drug-likeness (QED) is 0.221. The summed E-state index contributed by atoms with van der Waals surface area (Å²) in [4.78, 5) is 44.5. The summed E-state index contributed by atoms with van der Waals surface area (Å²) >= 11 is 0. The van der Waals surface area contributed by atoms with Crippen molar-refractivity contribution >= 4 is 23.8 Å². The fourth-order valence-corrected chi connectivity index (χ4v) is 1.20. The monoisotopic (exact) mass is 307 g/mol. The summed E-state index contributed by atoms with van der Waals surface area (Å²) in [5.74, 6) is -5.05. The molecular weight excluding hydrogens is 290 g/mol. The van der Waals surface area contributed by atoms with Crippen LogP contribution in [0.15, 0.2) is 0 Å². The summed E-state index contributed by atoms with van der Waals surface area (Å²) in [7, 11) is 0. The van der Waals surface area contributed by atoms with Crippen LogP contribution in [0.4, 0.5) is 0 Å². The van der Waals surface area contributed by atoms with Crippen LogP contribution in [0.5, 0.6) is 0 Å². The van der Waals surface area contributed by atoms with Gasteiger partial charge in [-0.15, -0.1) is 0 Å². The number of aliphatic hydroxyl groups is 2. The normalized spacial score (nSPS) is 14.6. The summed E-state index contributed by atoms with van der Waals surface area (Å²) in [6, 6.07) is -4.60. The van der Waals surface area contributed by atoms with Crippen LogP contribution in [0, 0.1) is 0 Å². The number of nitrogens with two attached hydrogens (primary N) is 1. The van der Waals surface area contributed by atoms with Crippen molar-refractivity contribution in [3.8, 4) is 0 Å². The summed E-state index contributed by atoms with van der Waals surface area (Å²) in [5.41, 5.74) is 5.20. The molecule has 11 heteroatoms. The van der Waals surface area contributed by atoms with Crippen molar-refractivity contribution in [1.29, 1.82) is 0 Å². The van der Waals surface area contributed by atoms with Crippen LogP contribution in [0.1, 0.15) is 6.42 Å². The topological polar surface area (TPSA) is 199 Å². The second kappa shape index (κ2) is 8.84. The van der Waals surface area contributed by atoms with Gasteiger partial charge >= 0.3 is 11.9 Å². The Morgan fingerprint density at radius 2 is 1.43 bits per heavy atom. The Hall–Kier alpha value is -2.24. The number of hydrogen-bond acceptors (Lipinski definition) is 7. The molecule has 0 aliphatic heterocycles. The highest BCUT2D eigenvalue weighted by molar-refractivity contribution is 5.93. The minimum Gasteiger partial charge on any atom is -0.481 e. The van der Waals surface area contributed by atoms with Crippen molar-refractivity contribution in [2.75, 3.05) is 13.2 Å². The van der Waals surface area contributed by atoms with Crippen LogP contribution < -0.4 is 16.4 Å². The van der Waals surface area contributed by atoms with E-state index in [4.69, 9.17) is 26.2 Å². The Bertz CT molecular complexity index is 413. The molecular formula is C10H17N3O8. The molecule has 0 rings (SSSR count). The third-order valence-corrected chi connectivity index (χ3v) is 2.34.